The molecule has 6 heteroatoms. The van der Waals surface area contributed by atoms with Gasteiger partial charge in [-0.25, -0.2) is 9.97 Å². The van der Waals surface area contributed by atoms with Crippen LogP contribution in [0.5, 0.6) is 0 Å². The molecule has 17 heavy (non-hydrogen) atoms. The molecule has 6 nitrogen and oxygen atoms in total. The van der Waals surface area contributed by atoms with Crippen LogP contribution in [0.4, 0.5) is 11.9 Å². The number of aromatic nitrogens is 3. The number of anilines is 2. The number of hydrogen-bond acceptors (Lipinski definition) is 6. The zero-order valence-electron chi connectivity index (χ0n) is 11.0. The third-order valence-corrected chi connectivity index (χ3v) is 2.27. The van der Waals surface area contributed by atoms with Gasteiger partial charge in [-0.05, 0) is 26.4 Å². The highest BCUT2D eigenvalue weighted by Crippen LogP contribution is 2.10. The number of likely N-dealkylation sites (N-methyl/N-ethyl adjacent to an activating group) is 1. The van der Waals surface area contributed by atoms with Gasteiger partial charge in [0.25, 0.3) is 0 Å². The molecular weight excluding hydrogens is 216 g/mol. The fourth-order valence-electron chi connectivity index (χ4n) is 1.75. The lowest BCUT2D eigenvalue weighted by molar-refractivity contribution is 0.355. The second-order valence-electron chi connectivity index (χ2n) is 4.90. The quantitative estimate of drug-likeness (QED) is 0.764. The molecule has 0 radical (unpaired) electrons. The molecule has 0 aliphatic heterocycles. The van der Waals surface area contributed by atoms with Crippen LogP contribution in [0, 0.1) is 5.92 Å². The summed E-state index contributed by atoms with van der Waals surface area (Å²) < 4.78 is 0. The molecule has 0 bridgehead atoms. The summed E-state index contributed by atoms with van der Waals surface area (Å²) in [6, 6.07) is 0.312. The summed E-state index contributed by atoms with van der Waals surface area (Å²) in [5.74, 6) is 1.41. The van der Waals surface area contributed by atoms with Crippen LogP contribution >= 0.6 is 0 Å². The lowest BCUT2D eigenvalue weighted by atomic mass is 10.0. The predicted octanol–water partition coefficient (Wildman–Crippen LogP) is 0.842. The summed E-state index contributed by atoms with van der Waals surface area (Å²) in [4.78, 5) is 14.0. The topological polar surface area (TPSA) is 80.0 Å². The highest BCUT2D eigenvalue weighted by atomic mass is 15.2. The Morgan fingerprint density at radius 3 is 2.59 bits per heavy atom. The number of nitrogens with zero attached hydrogens (tertiary/aromatic N) is 4. The molecule has 1 aromatic heterocycles. The Labute approximate surface area is 103 Å². The van der Waals surface area contributed by atoms with Crippen LogP contribution in [0.1, 0.15) is 20.3 Å². The maximum atomic E-state index is 5.52. The Morgan fingerprint density at radius 1 is 1.35 bits per heavy atom. The van der Waals surface area contributed by atoms with Crippen molar-refractivity contribution in [3.8, 4) is 0 Å². The summed E-state index contributed by atoms with van der Waals surface area (Å²) >= 11 is 0. The standard InChI is InChI=1S/C11H22N6/c1-8(2)5-9(6-17(3)4)15-11-14-7-13-10(12)16-11/h7-9H,5-6H2,1-4H3,(H3,12,13,14,15,16). The van der Waals surface area contributed by atoms with Gasteiger partial charge in [0, 0.05) is 12.6 Å². The van der Waals surface area contributed by atoms with Crippen molar-refractivity contribution in [3.05, 3.63) is 6.33 Å². The molecule has 96 valence electrons. The maximum Gasteiger partial charge on any atom is 0.227 e. The van der Waals surface area contributed by atoms with Gasteiger partial charge in [0.1, 0.15) is 6.33 Å². The van der Waals surface area contributed by atoms with Gasteiger partial charge >= 0.3 is 0 Å². The van der Waals surface area contributed by atoms with E-state index in [1.807, 2.05) is 0 Å². The molecule has 0 spiro atoms. The zero-order valence-corrected chi connectivity index (χ0v) is 11.0. The molecule has 3 N–H and O–H groups in total. The number of nitrogen functional groups attached to an aromatic ring is 1. The van der Waals surface area contributed by atoms with Gasteiger partial charge in [0.2, 0.25) is 11.9 Å². The van der Waals surface area contributed by atoms with E-state index in [1.54, 1.807) is 0 Å². The van der Waals surface area contributed by atoms with Crippen LogP contribution in [-0.4, -0.2) is 46.5 Å². The van der Waals surface area contributed by atoms with Gasteiger partial charge in [-0.1, -0.05) is 13.8 Å². The van der Waals surface area contributed by atoms with Gasteiger partial charge in [0.15, 0.2) is 0 Å². The van der Waals surface area contributed by atoms with Crippen LogP contribution in [0.3, 0.4) is 0 Å². The molecule has 0 saturated carbocycles. The molecule has 0 aliphatic rings. The average Bonchev–Trinajstić information content (AvgIpc) is 2.14. The Kier molecular flexibility index (Phi) is 5.09. The third kappa shape index (κ3) is 5.44. The van der Waals surface area contributed by atoms with E-state index >= 15 is 0 Å². The van der Waals surface area contributed by atoms with Crippen molar-refractivity contribution in [2.75, 3.05) is 31.7 Å². The SMILES string of the molecule is CC(C)CC(CN(C)C)Nc1ncnc(N)n1. The van der Waals surface area contributed by atoms with Gasteiger partial charge in [-0.3, -0.25) is 0 Å². The van der Waals surface area contributed by atoms with Gasteiger partial charge < -0.3 is 16.0 Å². The van der Waals surface area contributed by atoms with Crippen LogP contribution in [0.2, 0.25) is 0 Å². The van der Waals surface area contributed by atoms with Crippen molar-refractivity contribution in [3.63, 3.8) is 0 Å². The van der Waals surface area contributed by atoms with E-state index in [1.165, 1.54) is 6.33 Å². The minimum absolute atomic E-state index is 0.246. The van der Waals surface area contributed by atoms with E-state index < -0.39 is 0 Å². The third-order valence-electron chi connectivity index (χ3n) is 2.27. The number of nitrogens with two attached hydrogens (primary N) is 1. The fraction of sp³-hybridized carbons (Fsp3) is 0.727. The molecule has 1 rings (SSSR count). The maximum absolute atomic E-state index is 5.52. The van der Waals surface area contributed by atoms with Crippen molar-refractivity contribution >= 4 is 11.9 Å². The first kappa shape index (κ1) is 13.6. The van der Waals surface area contributed by atoms with E-state index in [9.17, 15) is 0 Å². The smallest absolute Gasteiger partial charge is 0.227 e. The van der Waals surface area contributed by atoms with Gasteiger partial charge in [-0.15, -0.1) is 0 Å². The van der Waals surface area contributed by atoms with Crippen molar-refractivity contribution in [1.82, 2.24) is 19.9 Å². The fourth-order valence-corrected chi connectivity index (χ4v) is 1.75. The van der Waals surface area contributed by atoms with Crippen molar-refractivity contribution < 1.29 is 0 Å². The van der Waals surface area contributed by atoms with E-state index in [2.05, 4.69) is 53.1 Å². The van der Waals surface area contributed by atoms with Crippen LogP contribution in [0.15, 0.2) is 6.33 Å². The van der Waals surface area contributed by atoms with Crippen LogP contribution in [-0.2, 0) is 0 Å². The summed E-state index contributed by atoms with van der Waals surface area (Å²) in [6.07, 6.45) is 2.48. The first-order valence-corrected chi connectivity index (χ1v) is 5.83. The predicted molar refractivity (Wildman–Crippen MR) is 69.7 cm³/mol. The molecule has 1 heterocycles. The molecule has 1 aromatic rings. The first-order chi connectivity index (χ1) is 7.97. The van der Waals surface area contributed by atoms with E-state index in [0.29, 0.717) is 17.9 Å². The number of rotatable bonds is 6. The van der Waals surface area contributed by atoms with Crippen molar-refractivity contribution in [2.24, 2.45) is 5.92 Å². The second kappa shape index (κ2) is 6.34. The molecular formula is C11H22N6. The average molecular weight is 238 g/mol. The molecule has 0 fully saturated rings. The Balaban J connectivity index is 2.64. The molecule has 0 saturated heterocycles. The normalized spacial score (nSPS) is 13.1. The first-order valence-electron chi connectivity index (χ1n) is 5.83. The van der Waals surface area contributed by atoms with E-state index in [-0.39, 0.29) is 5.95 Å². The summed E-state index contributed by atoms with van der Waals surface area (Å²) in [5.41, 5.74) is 5.52. The number of hydrogen-bond donors (Lipinski definition) is 2. The Bertz CT molecular complexity index is 328. The van der Waals surface area contributed by atoms with Crippen LogP contribution in [0.25, 0.3) is 0 Å². The summed E-state index contributed by atoms with van der Waals surface area (Å²) in [6.45, 7) is 5.34. The Hall–Kier alpha value is -1.43. The lowest BCUT2D eigenvalue weighted by Crippen LogP contribution is -2.34. The second-order valence-corrected chi connectivity index (χ2v) is 4.90. The number of nitrogens with one attached hydrogen (secondary N) is 1. The van der Waals surface area contributed by atoms with Crippen molar-refractivity contribution in [1.29, 1.82) is 0 Å². The highest BCUT2D eigenvalue weighted by molar-refractivity contribution is 5.30. The molecule has 0 amide bonds. The van der Waals surface area contributed by atoms with Crippen molar-refractivity contribution in [2.45, 2.75) is 26.3 Å². The largest absolute Gasteiger partial charge is 0.368 e. The Morgan fingerprint density at radius 2 is 2.06 bits per heavy atom. The lowest BCUT2D eigenvalue weighted by Gasteiger charge is -2.23. The minimum atomic E-state index is 0.246. The summed E-state index contributed by atoms with van der Waals surface area (Å²) in [5, 5.41) is 3.30. The zero-order chi connectivity index (χ0) is 12.8. The molecule has 1 atom stereocenters. The highest BCUT2D eigenvalue weighted by Gasteiger charge is 2.13. The monoisotopic (exact) mass is 238 g/mol. The van der Waals surface area contributed by atoms with Crippen LogP contribution < -0.4 is 11.1 Å². The van der Waals surface area contributed by atoms with E-state index in [4.69, 9.17) is 5.73 Å². The van der Waals surface area contributed by atoms with E-state index in [0.717, 1.165) is 13.0 Å². The molecule has 0 aliphatic carbocycles. The van der Waals surface area contributed by atoms with Gasteiger partial charge in [0.05, 0.1) is 0 Å². The minimum Gasteiger partial charge on any atom is -0.368 e. The molecule has 0 aromatic carbocycles. The van der Waals surface area contributed by atoms with Gasteiger partial charge in [-0.2, -0.15) is 4.98 Å². The summed E-state index contributed by atoms with van der Waals surface area (Å²) in [7, 11) is 4.10. The molecule has 1 unspecified atom stereocenters.